The number of carbonyl (C=O) groups is 4. The van der Waals surface area contributed by atoms with Crippen LogP contribution >= 0.6 is 11.3 Å². The SMILES string of the molecule is CC(=O)C1=C(C)c2cnc(Nc3ccc(N4CCN(CC(=O)NCCOCCOCCOCCNC(=O)CNc5ccc(C(=O)Nc6ncc(C)s6)c(C)c5)CC4)cn3)nc2N(C2CCCC2)C1O. The molecule has 1 atom stereocenters. The monoisotopic (exact) mass is 968 g/mol. The number of ether oxygens (including phenoxy) is 3. The van der Waals surface area contributed by atoms with Crippen molar-refractivity contribution in [2.24, 2.45) is 0 Å². The Morgan fingerprint density at radius 2 is 1.51 bits per heavy atom. The molecule has 7 rings (SSSR count). The van der Waals surface area contributed by atoms with Gasteiger partial charge in [0.05, 0.1) is 64.6 Å². The van der Waals surface area contributed by atoms with Crippen LogP contribution < -0.4 is 36.4 Å². The van der Waals surface area contributed by atoms with Gasteiger partial charge in [-0.3, -0.25) is 29.4 Å². The lowest BCUT2D eigenvalue weighted by molar-refractivity contribution is -0.122. The molecule has 5 heterocycles. The Labute approximate surface area is 406 Å². The molecule has 3 aliphatic rings. The van der Waals surface area contributed by atoms with E-state index in [-0.39, 0.29) is 36.1 Å². The molecule has 4 aromatic rings. The van der Waals surface area contributed by atoms with Crippen LogP contribution in [0.5, 0.6) is 0 Å². The van der Waals surface area contributed by atoms with Crippen LogP contribution in [0.2, 0.25) is 0 Å². The summed E-state index contributed by atoms with van der Waals surface area (Å²) in [4.78, 5) is 75.5. The molecule has 370 valence electrons. The van der Waals surface area contributed by atoms with Crippen LogP contribution in [0.4, 0.5) is 34.1 Å². The topological polar surface area (TPSA) is 238 Å². The van der Waals surface area contributed by atoms with Gasteiger partial charge in [-0.15, -0.1) is 11.3 Å². The van der Waals surface area contributed by atoms with E-state index in [0.717, 1.165) is 79.2 Å². The van der Waals surface area contributed by atoms with E-state index in [4.69, 9.17) is 19.2 Å². The molecule has 6 N–H and O–H groups in total. The Morgan fingerprint density at radius 3 is 2.14 bits per heavy atom. The lowest BCUT2D eigenvalue weighted by atomic mass is 9.93. The molecule has 69 heavy (non-hydrogen) atoms. The van der Waals surface area contributed by atoms with Crippen molar-refractivity contribution in [3.63, 3.8) is 0 Å². The maximum atomic E-state index is 12.6. The van der Waals surface area contributed by atoms with Crippen LogP contribution in [0.3, 0.4) is 0 Å². The van der Waals surface area contributed by atoms with Crippen molar-refractivity contribution < 1.29 is 38.5 Å². The zero-order valence-corrected chi connectivity index (χ0v) is 40.7. The van der Waals surface area contributed by atoms with E-state index in [1.807, 2.05) is 50.1 Å². The molecule has 21 heteroatoms. The zero-order chi connectivity index (χ0) is 48.7. The number of ketones is 1. The first-order valence-electron chi connectivity index (χ1n) is 23.5. The van der Waals surface area contributed by atoms with Crippen molar-refractivity contribution >= 4 is 74.5 Å². The third-order valence-electron chi connectivity index (χ3n) is 12.2. The first kappa shape index (κ1) is 50.8. The number of rotatable bonds is 24. The smallest absolute Gasteiger partial charge is 0.257 e. The first-order chi connectivity index (χ1) is 33.4. The van der Waals surface area contributed by atoms with E-state index in [0.29, 0.717) is 98.7 Å². The normalized spacial score (nSPS) is 16.3. The van der Waals surface area contributed by atoms with Gasteiger partial charge in [0.15, 0.2) is 17.1 Å². The Balaban J connectivity index is 0.689. The highest BCUT2D eigenvalue weighted by atomic mass is 32.1. The summed E-state index contributed by atoms with van der Waals surface area (Å²) < 4.78 is 16.7. The van der Waals surface area contributed by atoms with E-state index in [2.05, 4.69) is 51.3 Å². The Morgan fingerprint density at radius 1 is 0.812 bits per heavy atom. The highest BCUT2D eigenvalue weighted by Crippen LogP contribution is 2.41. The van der Waals surface area contributed by atoms with Crippen molar-refractivity contribution in [2.75, 3.05) is 118 Å². The Kier molecular flexibility index (Phi) is 18.4. The van der Waals surface area contributed by atoms with Gasteiger partial charge in [0.25, 0.3) is 5.91 Å². The number of anilines is 6. The van der Waals surface area contributed by atoms with Crippen LogP contribution in [-0.4, -0.2) is 158 Å². The number of hydrogen-bond acceptors (Lipinski definition) is 18. The highest BCUT2D eigenvalue weighted by molar-refractivity contribution is 7.15. The summed E-state index contributed by atoms with van der Waals surface area (Å²) >= 11 is 1.41. The maximum Gasteiger partial charge on any atom is 0.257 e. The summed E-state index contributed by atoms with van der Waals surface area (Å²) in [6.45, 7) is 13.5. The number of aryl methyl sites for hydroxylation is 2. The van der Waals surface area contributed by atoms with Gasteiger partial charge in [0, 0.05) is 85.0 Å². The third kappa shape index (κ3) is 14.2. The van der Waals surface area contributed by atoms with E-state index in [1.165, 1.54) is 18.3 Å². The fourth-order valence-electron chi connectivity index (χ4n) is 8.59. The van der Waals surface area contributed by atoms with E-state index < -0.39 is 6.23 Å². The number of benzene rings is 1. The molecule has 1 aromatic carbocycles. The van der Waals surface area contributed by atoms with Gasteiger partial charge in [0.1, 0.15) is 11.6 Å². The second kappa shape index (κ2) is 25.0. The lowest BCUT2D eigenvalue weighted by Crippen LogP contribution is -2.49. The van der Waals surface area contributed by atoms with Gasteiger partial charge in [0.2, 0.25) is 17.8 Å². The molecule has 2 fully saturated rings. The Hall–Kier alpha value is -6.10. The molecule has 0 spiro atoms. The number of pyridine rings is 1. The molecular formula is C48H64N12O8S. The number of aromatic nitrogens is 4. The van der Waals surface area contributed by atoms with Crippen LogP contribution in [0.1, 0.15) is 65.9 Å². The number of carbonyl (C=O) groups excluding carboxylic acids is 4. The predicted octanol–water partition coefficient (Wildman–Crippen LogP) is 3.90. The van der Waals surface area contributed by atoms with E-state index in [9.17, 15) is 24.3 Å². The molecular weight excluding hydrogens is 905 g/mol. The predicted molar refractivity (Wildman–Crippen MR) is 265 cm³/mol. The number of allylic oxidation sites excluding steroid dienone is 1. The molecule has 1 unspecified atom stereocenters. The highest BCUT2D eigenvalue weighted by Gasteiger charge is 2.39. The van der Waals surface area contributed by atoms with Gasteiger partial charge in [-0.25, -0.2) is 15.0 Å². The van der Waals surface area contributed by atoms with Crippen molar-refractivity contribution in [1.82, 2.24) is 35.5 Å². The van der Waals surface area contributed by atoms with Crippen LogP contribution in [0.15, 0.2) is 54.5 Å². The number of piperazine rings is 1. The Bertz CT molecular complexity index is 2420. The third-order valence-corrected chi connectivity index (χ3v) is 13.0. The molecule has 1 aliphatic carbocycles. The average molecular weight is 969 g/mol. The molecule has 1 saturated heterocycles. The lowest BCUT2D eigenvalue weighted by Gasteiger charge is -2.40. The van der Waals surface area contributed by atoms with Crippen LogP contribution in [-0.2, 0) is 28.6 Å². The fourth-order valence-corrected chi connectivity index (χ4v) is 9.25. The van der Waals surface area contributed by atoms with Gasteiger partial charge >= 0.3 is 0 Å². The number of nitrogens with zero attached hydrogens (tertiary/aromatic N) is 7. The quantitative estimate of drug-likeness (QED) is 0.0546. The number of thiazole rings is 1. The molecule has 1 saturated carbocycles. The number of aliphatic hydroxyl groups excluding tert-OH is 1. The van der Waals surface area contributed by atoms with Crippen molar-refractivity contribution in [2.45, 2.75) is 65.6 Å². The molecule has 3 amide bonds. The van der Waals surface area contributed by atoms with E-state index >= 15 is 0 Å². The van der Waals surface area contributed by atoms with Gasteiger partial charge in [-0.1, -0.05) is 12.8 Å². The van der Waals surface area contributed by atoms with E-state index in [1.54, 1.807) is 24.5 Å². The molecule has 20 nitrogen and oxygen atoms in total. The first-order valence-corrected chi connectivity index (χ1v) is 24.4. The van der Waals surface area contributed by atoms with Crippen molar-refractivity contribution in [3.8, 4) is 0 Å². The van der Waals surface area contributed by atoms with Gasteiger partial charge in [-0.2, -0.15) is 4.98 Å². The number of hydrogen-bond donors (Lipinski definition) is 6. The minimum absolute atomic E-state index is 0.0494. The standard InChI is InChI=1S/C48H64N12O8S/c1-31-25-35(9-11-38(31)45(64)57-48-54-26-32(2)69-48)51-29-41(62)49-13-19-66-21-23-68-24-22-67-20-14-50-42(63)30-58-15-17-59(18-16-58)37-10-12-40(52-27-37)55-47-53-28-39-33(3)43(34(4)61)46(65)60(44(39)56-47)36-7-5-6-8-36/h9-12,25-28,36,46,51,65H,5-8,13-24,29-30H2,1-4H3,(H,49,62)(H,50,63)(H,54,57,64)(H,52,53,55,56). The zero-order valence-electron chi connectivity index (χ0n) is 39.8. The van der Waals surface area contributed by atoms with Crippen LogP contribution in [0, 0.1) is 13.8 Å². The summed E-state index contributed by atoms with van der Waals surface area (Å²) in [6.07, 6.45) is 8.20. The number of aliphatic hydroxyl groups is 1. The van der Waals surface area contributed by atoms with Crippen molar-refractivity contribution in [3.05, 3.63) is 76.1 Å². The molecule has 2 aliphatic heterocycles. The van der Waals surface area contributed by atoms with Crippen LogP contribution in [0.25, 0.3) is 5.57 Å². The van der Waals surface area contributed by atoms with Gasteiger partial charge in [-0.05, 0) is 82.0 Å². The molecule has 0 bridgehead atoms. The number of fused-ring (bicyclic) bond motifs is 1. The number of nitrogens with one attached hydrogen (secondary N) is 5. The molecule has 3 aromatic heterocycles. The summed E-state index contributed by atoms with van der Waals surface area (Å²) in [5.41, 5.74) is 4.88. The maximum absolute atomic E-state index is 12.6. The molecule has 0 radical (unpaired) electrons. The largest absolute Gasteiger partial charge is 0.377 e. The number of Topliss-reactive ketones (excluding diaryl/α,β-unsaturated/α-hetero) is 1. The average Bonchev–Trinajstić information content (AvgIpc) is 4.02. The summed E-state index contributed by atoms with van der Waals surface area (Å²) in [5, 5.41) is 26.7. The van der Waals surface area contributed by atoms with Crippen molar-refractivity contribution in [1.29, 1.82) is 0 Å². The second-order valence-electron chi connectivity index (χ2n) is 17.2. The minimum atomic E-state index is -1.05. The summed E-state index contributed by atoms with van der Waals surface area (Å²) in [7, 11) is 0. The summed E-state index contributed by atoms with van der Waals surface area (Å²) in [5.74, 6) is 0.958. The van der Waals surface area contributed by atoms with Gasteiger partial charge < -0.3 is 50.4 Å². The summed E-state index contributed by atoms with van der Waals surface area (Å²) in [6, 6.07) is 9.29. The second-order valence-corrected chi connectivity index (χ2v) is 18.4. The minimum Gasteiger partial charge on any atom is -0.377 e. The number of amides is 3. The fraction of sp³-hybridized carbons (Fsp3) is 0.500.